The first-order valence-electron chi connectivity index (χ1n) is 8.49. The van der Waals surface area contributed by atoms with Crippen molar-refractivity contribution >= 4 is 34.1 Å². The first kappa shape index (κ1) is 18.6. The van der Waals surface area contributed by atoms with Crippen molar-refractivity contribution in [1.82, 2.24) is 10.2 Å². The molecular weight excluding hydrogens is 362 g/mol. The van der Waals surface area contributed by atoms with Gasteiger partial charge < -0.3 is 0 Å². The number of hydrogen-bond acceptors (Lipinski definition) is 5. The molecule has 0 aliphatic heterocycles. The van der Waals surface area contributed by atoms with Gasteiger partial charge in [0.05, 0.1) is 5.75 Å². The Morgan fingerprint density at radius 1 is 1.08 bits per heavy atom. The van der Waals surface area contributed by atoms with Gasteiger partial charge in [0.15, 0.2) is 0 Å². The number of anilines is 1. The molecule has 1 aromatic heterocycles. The molecule has 0 aliphatic carbocycles. The predicted octanol–water partition coefficient (Wildman–Crippen LogP) is 4.76. The predicted molar refractivity (Wildman–Crippen MR) is 110 cm³/mol. The second-order valence-corrected chi connectivity index (χ2v) is 8.09. The fourth-order valence-electron chi connectivity index (χ4n) is 2.54. The number of thioether (sulfide) groups is 1. The third kappa shape index (κ3) is 5.68. The van der Waals surface area contributed by atoms with Crippen molar-refractivity contribution in [2.24, 2.45) is 0 Å². The minimum Gasteiger partial charge on any atom is -0.300 e. The van der Waals surface area contributed by atoms with Crippen LogP contribution in [-0.2, 0) is 17.0 Å². The fraction of sp³-hybridized carbons (Fsp3) is 0.250. The standard InChI is InChI=1S/C20H21N3OS2/c1-15(17-10-6-3-7-11-17)12-19-22-23-20(26-19)21-18(24)14-25-13-16-8-4-2-5-9-16/h2-11,15H,12-14H2,1H3,(H,21,23,24). The Bertz CT molecular complexity index is 821. The molecule has 0 spiro atoms. The summed E-state index contributed by atoms with van der Waals surface area (Å²) in [4.78, 5) is 12.1. The van der Waals surface area contributed by atoms with Gasteiger partial charge in [-0.25, -0.2) is 0 Å². The summed E-state index contributed by atoms with van der Waals surface area (Å²) >= 11 is 3.04. The minimum atomic E-state index is -0.0373. The van der Waals surface area contributed by atoms with Crippen LogP contribution in [-0.4, -0.2) is 21.9 Å². The highest BCUT2D eigenvalue weighted by Gasteiger charge is 2.12. The van der Waals surface area contributed by atoms with E-state index in [0.29, 0.717) is 16.8 Å². The molecule has 0 aliphatic rings. The molecule has 0 saturated heterocycles. The fourth-order valence-corrected chi connectivity index (χ4v) is 4.21. The Morgan fingerprint density at radius 3 is 2.50 bits per heavy atom. The summed E-state index contributed by atoms with van der Waals surface area (Å²) in [6.45, 7) is 2.18. The lowest BCUT2D eigenvalue weighted by Crippen LogP contribution is -2.13. The molecule has 1 atom stereocenters. The molecule has 134 valence electrons. The number of benzene rings is 2. The van der Waals surface area contributed by atoms with E-state index in [1.807, 2.05) is 36.4 Å². The number of nitrogens with one attached hydrogen (secondary N) is 1. The SMILES string of the molecule is CC(Cc1nnc(NC(=O)CSCc2ccccc2)s1)c1ccccc1. The summed E-state index contributed by atoms with van der Waals surface area (Å²) in [6.07, 6.45) is 0.820. The van der Waals surface area contributed by atoms with Crippen molar-refractivity contribution in [3.63, 3.8) is 0 Å². The van der Waals surface area contributed by atoms with Crippen molar-refractivity contribution in [2.75, 3.05) is 11.1 Å². The van der Waals surface area contributed by atoms with Gasteiger partial charge in [-0.15, -0.1) is 22.0 Å². The zero-order valence-electron chi connectivity index (χ0n) is 14.6. The van der Waals surface area contributed by atoms with Crippen LogP contribution in [0, 0.1) is 0 Å². The first-order chi connectivity index (χ1) is 12.7. The highest BCUT2D eigenvalue weighted by Crippen LogP contribution is 2.24. The number of carbonyl (C=O) groups excluding carboxylic acids is 1. The molecule has 3 rings (SSSR count). The highest BCUT2D eigenvalue weighted by atomic mass is 32.2. The molecule has 0 saturated carbocycles. The molecule has 0 bridgehead atoms. The van der Waals surface area contributed by atoms with Crippen LogP contribution in [0.4, 0.5) is 5.13 Å². The lowest BCUT2D eigenvalue weighted by atomic mass is 9.98. The maximum Gasteiger partial charge on any atom is 0.236 e. The molecule has 4 nitrogen and oxygen atoms in total. The molecule has 0 fully saturated rings. The third-order valence-electron chi connectivity index (χ3n) is 3.91. The van der Waals surface area contributed by atoms with E-state index in [4.69, 9.17) is 0 Å². The number of rotatable bonds is 8. The van der Waals surface area contributed by atoms with Crippen molar-refractivity contribution in [2.45, 2.75) is 25.0 Å². The number of nitrogens with zero attached hydrogens (tertiary/aromatic N) is 2. The average Bonchev–Trinajstić information content (AvgIpc) is 3.10. The zero-order valence-corrected chi connectivity index (χ0v) is 16.2. The Kier molecular flexibility index (Phi) is 6.80. The Morgan fingerprint density at radius 2 is 1.77 bits per heavy atom. The van der Waals surface area contributed by atoms with E-state index in [2.05, 4.69) is 46.7 Å². The number of amides is 1. The van der Waals surface area contributed by atoms with Gasteiger partial charge in [0.1, 0.15) is 5.01 Å². The minimum absolute atomic E-state index is 0.0373. The van der Waals surface area contributed by atoms with Crippen molar-refractivity contribution < 1.29 is 4.79 Å². The van der Waals surface area contributed by atoms with Crippen LogP contribution >= 0.6 is 23.1 Å². The third-order valence-corrected chi connectivity index (χ3v) is 5.77. The van der Waals surface area contributed by atoms with E-state index in [1.54, 1.807) is 11.8 Å². The maximum absolute atomic E-state index is 12.1. The van der Waals surface area contributed by atoms with Crippen LogP contribution in [0.3, 0.4) is 0 Å². The number of carbonyl (C=O) groups is 1. The summed E-state index contributed by atoms with van der Waals surface area (Å²) in [5.74, 6) is 1.56. The normalized spacial score (nSPS) is 11.9. The van der Waals surface area contributed by atoms with Gasteiger partial charge in [-0.1, -0.05) is 78.9 Å². The zero-order chi connectivity index (χ0) is 18.2. The molecule has 3 aromatic rings. The monoisotopic (exact) mass is 383 g/mol. The van der Waals surface area contributed by atoms with Crippen molar-refractivity contribution in [3.05, 3.63) is 76.8 Å². The van der Waals surface area contributed by atoms with Gasteiger partial charge in [-0.05, 0) is 17.0 Å². The molecule has 1 N–H and O–H groups in total. The van der Waals surface area contributed by atoms with E-state index < -0.39 is 0 Å². The van der Waals surface area contributed by atoms with Crippen molar-refractivity contribution in [3.8, 4) is 0 Å². The number of hydrogen-bond donors (Lipinski definition) is 1. The second-order valence-electron chi connectivity index (χ2n) is 6.04. The summed E-state index contributed by atoms with van der Waals surface area (Å²) < 4.78 is 0. The second kappa shape index (κ2) is 9.50. The Balaban J connectivity index is 1.45. The quantitative estimate of drug-likeness (QED) is 0.609. The number of aromatic nitrogens is 2. The van der Waals surface area contributed by atoms with Crippen LogP contribution in [0.25, 0.3) is 0 Å². The molecular formula is C20H21N3OS2. The lowest BCUT2D eigenvalue weighted by Gasteiger charge is -2.08. The summed E-state index contributed by atoms with van der Waals surface area (Å²) in [6, 6.07) is 20.5. The van der Waals surface area contributed by atoms with Crippen LogP contribution in [0.15, 0.2) is 60.7 Å². The van der Waals surface area contributed by atoms with Crippen LogP contribution in [0.5, 0.6) is 0 Å². The van der Waals surface area contributed by atoms with E-state index in [1.165, 1.54) is 22.5 Å². The topological polar surface area (TPSA) is 54.9 Å². The van der Waals surface area contributed by atoms with Gasteiger partial charge in [0.2, 0.25) is 11.0 Å². The van der Waals surface area contributed by atoms with Crippen LogP contribution in [0.1, 0.15) is 29.0 Å². The molecule has 2 aromatic carbocycles. The molecule has 1 amide bonds. The molecule has 26 heavy (non-hydrogen) atoms. The van der Waals surface area contributed by atoms with E-state index >= 15 is 0 Å². The molecule has 6 heteroatoms. The van der Waals surface area contributed by atoms with Crippen molar-refractivity contribution in [1.29, 1.82) is 0 Å². The van der Waals surface area contributed by atoms with Crippen LogP contribution < -0.4 is 5.32 Å². The molecule has 0 radical (unpaired) electrons. The molecule has 1 heterocycles. The van der Waals surface area contributed by atoms with E-state index in [-0.39, 0.29) is 5.91 Å². The summed E-state index contributed by atoms with van der Waals surface area (Å²) in [7, 11) is 0. The van der Waals surface area contributed by atoms with Gasteiger partial charge >= 0.3 is 0 Å². The van der Waals surface area contributed by atoms with E-state index in [9.17, 15) is 4.79 Å². The van der Waals surface area contributed by atoms with E-state index in [0.717, 1.165) is 17.2 Å². The van der Waals surface area contributed by atoms with Gasteiger partial charge in [0, 0.05) is 12.2 Å². The summed E-state index contributed by atoms with van der Waals surface area (Å²) in [5, 5.41) is 12.7. The van der Waals surface area contributed by atoms with Gasteiger partial charge in [-0.2, -0.15) is 0 Å². The Hall–Kier alpha value is -2.18. The average molecular weight is 384 g/mol. The highest BCUT2D eigenvalue weighted by molar-refractivity contribution is 7.99. The molecule has 1 unspecified atom stereocenters. The lowest BCUT2D eigenvalue weighted by molar-refractivity contribution is -0.113. The Labute approximate surface area is 162 Å². The first-order valence-corrected chi connectivity index (χ1v) is 10.5. The van der Waals surface area contributed by atoms with Gasteiger partial charge in [0.25, 0.3) is 0 Å². The van der Waals surface area contributed by atoms with Crippen LogP contribution in [0.2, 0.25) is 0 Å². The van der Waals surface area contributed by atoms with Gasteiger partial charge in [-0.3, -0.25) is 10.1 Å². The maximum atomic E-state index is 12.1. The largest absolute Gasteiger partial charge is 0.300 e. The summed E-state index contributed by atoms with van der Waals surface area (Å²) in [5.41, 5.74) is 2.50. The smallest absolute Gasteiger partial charge is 0.236 e.